The number of fused-ring (bicyclic) bond motifs is 1. The topological polar surface area (TPSA) is 101 Å². The van der Waals surface area contributed by atoms with Gasteiger partial charge in [0.2, 0.25) is 0 Å². The number of carbonyl (C=O) groups is 4. The van der Waals surface area contributed by atoms with Crippen molar-refractivity contribution in [2.24, 2.45) is 0 Å². The van der Waals surface area contributed by atoms with Crippen LogP contribution in [0.5, 0.6) is 5.75 Å². The summed E-state index contributed by atoms with van der Waals surface area (Å²) in [4.78, 5) is 47.8. The molecule has 120 valence electrons. The number of imide groups is 1. The van der Waals surface area contributed by atoms with E-state index in [2.05, 4.69) is 0 Å². The minimum atomic E-state index is -1.18. The number of hydrogen-bond acceptors (Lipinski definition) is 5. The van der Waals surface area contributed by atoms with Gasteiger partial charge in [-0.3, -0.25) is 14.4 Å². The summed E-state index contributed by atoms with van der Waals surface area (Å²) in [5.74, 6) is -2.51. The standard InChI is InChI=1S/C17H11NO6/c1-9(19)24-12-5-3-11(4-6-12)18-15(20)13-7-2-10(17(22)23)8-14(13)16(18)21/h2-8H,1H3,(H,22,23). The molecule has 2 aromatic carbocycles. The molecule has 0 fully saturated rings. The zero-order valence-electron chi connectivity index (χ0n) is 12.5. The van der Waals surface area contributed by atoms with E-state index in [0.717, 1.165) is 4.90 Å². The Kier molecular flexibility index (Phi) is 3.61. The van der Waals surface area contributed by atoms with E-state index in [0.29, 0.717) is 5.69 Å². The first-order valence-electron chi connectivity index (χ1n) is 6.93. The minimum Gasteiger partial charge on any atom is -0.478 e. The van der Waals surface area contributed by atoms with Crippen LogP contribution >= 0.6 is 0 Å². The summed E-state index contributed by atoms with van der Waals surface area (Å²) in [6.45, 7) is 1.26. The fraction of sp³-hybridized carbons (Fsp3) is 0.0588. The first-order valence-corrected chi connectivity index (χ1v) is 6.93. The van der Waals surface area contributed by atoms with Crippen LogP contribution in [0.1, 0.15) is 38.0 Å². The number of amides is 2. The number of benzene rings is 2. The number of carbonyl (C=O) groups excluding carboxylic acids is 3. The van der Waals surface area contributed by atoms with Gasteiger partial charge in [-0.2, -0.15) is 0 Å². The van der Waals surface area contributed by atoms with Crippen LogP contribution in [0.25, 0.3) is 0 Å². The summed E-state index contributed by atoms with van der Waals surface area (Å²) in [6, 6.07) is 9.65. The van der Waals surface area contributed by atoms with Gasteiger partial charge in [0.15, 0.2) is 0 Å². The largest absolute Gasteiger partial charge is 0.478 e. The summed E-state index contributed by atoms with van der Waals surface area (Å²) in [5, 5.41) is 9.00. The van der Waals surface area contributed by atoms with Crippen LogP contribution in [0.3, 0.4) is 0 Å². The van der Waals surface area contributed by atoms with Crippen molar-refractivity contribution in [3.8, 4) is 5.75 Å². The summed E-state index contributed by atoms with van der Waals surface area (Å²) >= 11 is 0. The van der Waals surface area contributed by atoms with Crippen molar-refractivity contribution in [1.82, 2.24) is 0 Å². The molecular weight excluding hydrogens is 314 g/mol. The second-order valence-electron chi connectivity index (χ2n) is 5.10. The zero-order valence-corrected chi connectivity index (χ0v) is 12.5. The second-order valence-corrected chi connectivity index (χ2v) is 5.10. The third-order valence-electron chi connectivity index (χ3n) is 3.49. The smallest absolute Gasteiger partial charge is 0.335 e. The van der Waals surface area contributed by atoms with Crippen molar-refractivity contribution in [1.29, 1.82) is 0 Å². The van der Waals surface area contributed by atoms with Gasteiger partial charge in [-0.25, -0.2) is 9.69 Å². The van der Waals surface area contributed by atoms with Gasteiger partial charge in [-0.15, -0.1) is 0 Å². The molecule has 0 aromatic heterocycles. The number of anilines is 1. The minimum absolute atomic E-state index is 0.0453. The molecule has 7 heteroatoms. The van der Waals surface area contributed by atoms with E-state index in [4.69, 9.17) is 9.84 Å². The van der Waals surface area contributed by atoms with E-state index in [1.54, 1.807) is 0 Å². The van der Waals surface area contributed by atoms with E-state index in [1.165, 1.54) is 49.4 Å². The van der Waals surface area contributed by atoms with Gasteiger partial charge < -0.3 is 9.84 Å². The maximum atomic E-state index is 12.5. The predicted octanol–water partition coefficient (Wildman–Crippen LogP) is 2.11. The first-order chi connectivity index (χ1) is 11.4. The quantitative estimate of drug-likeness (QED) is 0.527. The molecule has 24 heavy (non-hydrogen) atoms. The van der Waals surface area contributed by atoms with Crippen LogP contribution in [-0.2, 0) is 4.79 Å². The number of ether oxygens (including phenoxy) is 1. The number of esters is 1. The Morgan fingerprint density at radius 1 is 0.958 bits per heavy atom. The van der Waals surface area contributed by atoms with E-state index in [1.807, 2.05) is 0 Å². The highest BCUT2D eigenvalue weighted by atomic mass is 16.5. The predicted molar refractivity (Wildman–Crippen MR) is 82.3 cm³/mol. The van der Waals surface area contributed by atoms with Crippen LogP contribution in [0.2, 0.25) is 0 Å². The van der Waals surface area contributed by atoms with Crippen LogP contribution in [0, 0.1) is 0 Å². The Bertz CT molecular complexity index is 884. The molecule has 3 rings (SSSR count). The van der Waals surface area contributed by atoms with Crippen LogP contribution in [0.15, 0.2) is 42.5 Å². The lowest BCUT2D eigenvalue weighted by molar-refractivity contribution is -0.131. The Labute approximate surface area is 136 Å². The number of rotatable bonds is 3. The number of carboxylic acid groups (broad SMARTS) is 1. The highest BCUT2D eigenvalue weighted by Crippen LogP contribution is 2.30. The molecule has 1 heterocycles. The maximum absolute atomic E-state index is 12.5. The number of aromatic carboxylic acids is 1. The van der Waals surface area contributed by atoms with E-state index in [-0.39, 0.29) is 22.4 Å². The van der Waals surface area contributed by atoms with Crippen molar-refractivity contribution in [2.45, 2.75) is 6.92 Å². The molecule has 2 amide bonds. The molecule has 2 aromatic rings. The van der Waals surface area contributed by atoms with Crippen molar-refractivity contribution in [3.05, 3.63) is 59.2 Å². The molecule has 0 atom stereocenters. The lowest BCUT2D eigenvalue weighted by Gasteiger charge is -2.14. The van der Waals surface area contributed by atoms with Crippen LogP contribution in [-0.4, -0.2) is 28.9 Å². The lowest BCUT2D eigenvalue weighted by atomic mass is 10.1. The average molecular weight is 325 g/mol. The van der Waals surface area contributed by atoms with Gasteiger partial charge in [0.1, 0.15) is 5.75 Å². The molecule has 0 aliphatic carbocycles. The molecule has 0 spiro atoms. The Morgan fingerprint density at radius 3 is 2.17 bits per heavy atom. The molecule has 1 N–H and O–H groups in total. The average Bonchev–Trinajstić information content (AvgIpc) is 2.79. The first kappa shape index (κ1) is 15.4. The SMILES string of the molecule is CC(=O)Oc1ccc(N2C(=O)c3ccc(C(=O)O)cc3C2=O)cc1. The van der Waals surface area contributed by atoms with Gasteiger partial charge >= 0.3 is 11.9 Å². The number of hydrogen-bond donors (Lipinski definition) is 1. The molecule has 0 bridgehead atoms. The van der Waals surface area contributed by atoms with Gasteiger partial charge in [-0.05, 0) is 42.5 Å². The molecule has 0 radical (unpaired) electrons. The van der Waals surface area contributed by atoms with Gasteiger partial charge in [0.05, 0.1) is 22.4 Å². The van der Waals surface area contributed by atoms with Crippen LogP contribution in [0.4, 0.5) is 5.69 Å². The highest BCUT2D eigenvalue weighted by molar-refractivity contribution is 6.34. The molecule has 7 nitrogen and oxygen atoms in total. The number of carboxylic acids is 1. The molecule has 0 unspecified atom stereocenters. The van der Waals surface area contributed by atoms with Crippen molar-refractivity contribution in [2.75, 3.05) is 4.90 Å². The van der Waals surface area contributed by atoms with Gasteiger partial charge in [-0.1, -0.05) is 0 Å². The second kappa shape index (κ2) is 5.62. The van der Waals surface area contributed by atoms with E-state index < -0.39 is 23.8 Å². The van der Waals surface area contributed by atoms with Crippen molar-refractivity contribution in [3.63, 3.8) is 0 Å². The zero-order chi connectivity index (χ0) is 17.4. The normalized spacial score (nSPS) is 13.0. The van der Waals surface area contributed by atoms with Gasteiger partial charge in [0.25, 0.3) is 11.8 Å². The monoisotopic (exact) mass is 325 g/mol. The fourth-order valence-electron chi connectivity index (χ4n) is 2.44. The summed E-state index contributed by atoms with van der Waals surface area (Å²) < 4.78 is 4.90. The van der Waals surface area contributed by atoms with Crippen molar-refractivity contribution >= 4 is 29.4 Å². The fourth-order valence-corrected chi connectivity index (χ4v) is 2.44. The molecule has 0 saturated heterocycles. The van der Waals surface area contributed by atoms with Crippen molar-refractivity contribution < 1.29 is 29.0 Å². The molecule has 0 saturated carbocycles. The summed E-state index contributed by atoms with van der Waals surface area (Å²) in [7, 11) is 0. The Balaban J connectivity index is 1.95. The Morgan fingerprint density at radius 2 is 1.58 bits per heavy atom. The van der Waals surface area contributed by atoms with Crippen LogP contribution < -0.4 is 9.64 Å². The molecule has 1 aliphatic rings. The van der Waals surface area contributed by atoms with Gasteiger partial charge in [0, 0.05) is 6.92 Å². The summed E-state index contributed by atoms with van der Waals surface area (Å²) in [6.07, 6.45) is 0. The lowest BCUT2D eigenvalue weighted by Crippen LogP contribution is -2.29. The third kappa shape index (κ3) is 2.52. The Hall–Kier alpha value is -3.48. The maximum Gasteiger partial charge on any atom is 0.335 e. The molecular formula is C17H11NO6. The van der Waals surface area contributed by atoms with E-state index >= 15 is 0 Å². The third-order valence-corrected chi connectivity index (χ3v) is 3.49. The molecule has 1 aliphatic heterocycles. The number of nitrogens with zero attached hydrogens (tertiary/aromatic N) is 1. The highest BCUT2D eigenvalue weighted by Gasteiger charge is 2.37. The summed E-state index contributed by atoms with van der Waals surface area (Å²) in [5.41, 5.74) is 0.425. The van der Waals surface area contributed by atoms with E-state index in [9.17, 15) is 19.2 Å².